The van der Waals surface area contributed by atoms with Gasteiger partial charge < -0.3 is 10.4 Å². The zero-order chi connectivity index (χ0) is 10.7. The molecule has 1 fully saturated rings. The van der Waals surface area contributed by atoms with E-state index in [4.69, 9.17) is 5.11 Å². The maximum Gasteiger partial charge on any atom is 0.123 e. The van der Waals surface area contributed by atoms with E-state index in [-0.39, 0.29) is 18.5 Å². The number of aliphatic hydroxyl groups is 1. The second kappa shape index (κ2) is 4.73. The molecular formula is C12H16FNO. The highest BCUT2D eigenvalue weighted by molar-refractivity contribution is 5.31. The lowest BCUT2D eigenvalue weighted by Crippen LogP contribution is -2.15. The molecule has 82 valence electrons. The molecule has 2 rings (SSSR count). The van der Waals surface area contributed by atoms with E-state index in [0.717, 1.165) is 30.5 Å². The van der Waals surface area contributed by atoms with Crippen LogP contribution in [0.25, 0.3) is 0 Å². The van der Waals surface area contributed by atoms with E-state index in [1.54, 1.807) is 12.1 Å². The summed E-state index contributed by atoms with van der Waals surface area (Å²) >= 11 is 0. The molecule has 0 radical (unpaired) electrons. The number of halogens is 1. The summed E-state index contributed by atoms with van der Waals surface area (Å²) in [7, 11) is 0. The van der Waals surface area contributed by atoms with Crippen molar-refractivity contribution >= 4 is 0 Å². The van der Waals surface area contributed by atoms with Crippen molar-refractivity contribution in [3.8, 4) is 0 Å². The van der Waals surface area contributed by atoms with Crippen LogP contribution in [0.4, 0.5) is 4.39 Å². The minimum atomic E-state index is -0.194. The maximum absolute atomic E-state index is 13.2. The molecule has 15 heavy (non-hydrogen) atoms. The maximum atomic E-state index is 13.2. The molecule has 0 saturated carbocycles. The Labute approximate surface area is 89.1 Å². The summed E-state index contributed by atoms with van der Waals surface area (Å²) in [6.07, 6.45) is 2.80. The molecule has 1 aliphatic heterocycles. The van der Waals surface area contributed by atoms with E-state index in [1.165, 1.54) is 6.07 Å². The van der Waals surface area contributed by atoms with Crippen molar-refractivity contribution in [2.24, 2.45) is 0 Å². The van der Waals surface area contributed by atoms with Gasteiger partial charge in [0.05, 0.1) is 0 Å². The lowest BCUT2D eigenvalue weighted by atomic mass is 9.97. The smallest absolute Gasteiger partial charge is 0.123 e. The molecule has 1 aliphatic rings. The number of aliphatic hydroxyl groups excluding tert-OH is 1. The van der Waals surface area contributed by atoms with Gasteiger partial charge in [-0.05, 0) is 49.1 Å². The van der Waals surface area contributed by atoms with E-state index in [9.17, 15) is 4.39 Å². The minimum Gasteiger partial charge on any atom is -0.396 e. The fourth-order valence-corrected chi connectivity index (χ4v) is 2.19. The van der Waals surface area contributed by atoms with Crippen LogP contribution in [0.3, 0.4) is 0 Å². The molecule has 0 aromatic heterocycles. The van der Waals surface area contributed by atoms with Gasteiger partial charge >= 0.3 is 0 Å². The van der Waals surface area contributed by atoms with E-state index in [2.05, 4.69) is 5.32 Å². The Balaban J connectivity index is 2.28. The Hall–Kier alpha value is -0.930. The highest BCUT2D eigenvalue weighted by Crippen LogP contribution is 2.27. The van der Waals surface area contributed by atoms with Crippen molar-refractivity contribution in [2.45, 2.75) is 25.3 Å². The number of benzene rings is 1. The van der Waals surface area contributed by atoms with Crippen LogP contribution in [0.5, 0.6) is 0 Å². The second-order valence-corrected chi connectivity index (χ2v) is 3.97. The highest BCUT2D eigenvalue weighted by atomic mass is 19.1. The SMILES string of the molecule is OCCc1ccc(F)cc1[C@H]1CCCN1. The van der Waals surface area contributed by atoms with Crippen LogP contribution in [0.1, 0.15) is 30.0 Å². The summed E-state index contributed by atoms with van der Waals surface area (Å²) < 4.78 is 13.2. The topological polar surface area (TPSA) is 32.3 Å². The summed E-state index contributed by atoms with van der Waals surface area (Å²) in [6.45, 7) is 1.12. The van der Waals surface area contributed by atoms with Crippen molar-refractivity contribution in [2.75, 3.05) is 13.2 Å². The third-order valence-corrected chi connectivity index (χ3v) is 2.92. The Morgan fingerprint density at radius 3 is 3.00 bits per heavy atom. The summed E-state index contributed by atoms with van der Waals surface area (Å²) in [5.74, 6) is -0.194. The van der Waals surface area contributed by atoms with Crippen LogP contribution in [0.15, 0.2) is 18.2 Å². The van der Waals surface area contributed by atoms with Crippen LogP contribution in [-0.2, 0) is 6.42 Å². The molecule has 0 unspecified atom stereocenters. The predicted octanol–water partition coefficient (Wildman–Crippen LogP) is 1.78. The van der Waals surface area contributed by atoms with Gasteiger partial charge in [0.1, 0.15) is 5.82 Å². The molecular weight excluding hydrogens is 193 g/mol. The van der Waals surface area contributed by atoms with Crippen LogP contribution in [-0.4, -0.2) is 18.3 Å². The zero-order valence-corrected chi connectivity index (χ0v) is 8.67. The zero-order valence-electron chi connectivity index (χ0n) is 8.67. The Bertz CT molecular complexity index is 334. The molecule has 1 atom stereocenters. The van der Waals surface area contributed by atoms with Crippen LogP contribution >= 0.6 is 0 Å². The molecule has 0 aliphatic carbocycles. The molecule has 1 aromatic rings. The summed E-state index contributed by atoms with van der Waals surface area (Å²) in [4.78, 5) is 0. The van der Waals surface area contributed by atoms with E-state index in [0.29, 0.717) is 6.42 Å². The van der Waals surface area contributed by atoms with Gasteiger partial charge in [-0.3, -0.25) is 0 Å². The fourth-order valence-electron chi connectivity index (χ4n) is 2.19. The Morgan fingerprint density at radius 2 is 2.33 bits per heavy atom. The van der Waals surface area contributed by atoms with Gasteiger partial charge in [0.25, 0.3) is 0 Å². The van der Waals surface area contributed by atoms with E-state index >= 15 is 0 Å². The Kier molecular flexibility index (Phi) is 3.34. The van der Waals surface area contributed by atoms with E-state index in [1.807, 2.05) is 0 Å². The normalized spacial score (nSPS) is 20.8. The monoisotopic (exact) mass is 209 g/mol. The minimum absolute atomic E-state index is 0.116. The van der Waals surface area contributed by atoms with Crippen molar-refractivity contribution in [3.05, 3.63) is 35.1 Å². The fraction of sp³-hybridized carbons (Fsp3) is 0.500. The van der Waals surface area contributed by atoms with Gasteiger partial charge in [0.2, 0.25) is 0 Å². The predicted molar refractivity (Wildman–Crippen MR) is 57.2 cm³/mol. The summed E-state index contributed by atoms with van der Waals surface area (Å²) in [5.41, 5.74) is 2.07. The van der Waals surface area contributed by atoms with Gasteiger partial charge in [-0.2, -0.15) is 0 Å². The van der Waals surface area contributed by atoms with Crippen LogP contribution < -0.4 is 5.32 Å². The van der Waals surface area contributed by atoms with Crippen LogP contribution in [0, 0.1) is 5.82 Å². The molecule has 1 aromatic carbocycles. The number of rotatable bonds is 3. The quantitative estimate of drug-likeness (QED) is 0.795. The largest absolute Gasteiger partial charge is 0.396 e. The molecule has 0 amide bonds. The summed E-state index contributed by atoms with van der Waals surface area (Å²) in [6, 6.07) is 5.10. The number of hydrogen-bond acceptors (Lipinski definition) is 2. The molecule has 2 nitrogen and oxygen atoms in total. The van der Waals surface area contributed by atoms with Crippen molar-refractivity contribution in [3.63, 3.8) is 0 Å². The van der Waals surface area contributed by atoms with Crippen molar-refractivity contribution in [1.82, 2.24) is 5.32 Å². The molecule has 0 bridgehead atoms. The van der Waals surface area contributed by atoms with E-state index < -0.39 is 0 Å². The average Bonchev–Trinajstić information content (AvgIpc) is 2.74. The number of nitrogens with one attached hydrogen (secondary N) is 1. The van der Waals surface area contributed by atoms with Gasteiger partial charge in [-0.1, -0.05) is 6.07 Å². The third-order valence-electron chi connectivity index (χ3n) is 2.92. The third kappa shape index (κ3) is 2.36. The van der Waals surface area contributed by atoms with Gasteiger partial charge in [0, 0.05) is 12.6 Å². The van der Waals surface area contributed by atoms with Gasteiger partial charge in [-0.25, -0.2) is 4.39 Å². The molecule has 3 heteroatoms. The average molecular weight is 209 g/mol. The van der Waals surface area contributed by atoms with Crippen LogP contribution in [0.2, 0.25) is 0 Å². The first-order chi connectivity index (χ1) is 7.31. The highest BCUT2D eigenvalue weighted by Gasteiger charge is 2.19. The molecule has 2 N–H and O–H groups in total. The first-order valence-electron chi connectivity index (χ1n) is 5.44. The van der Waals surface area contributed by atoms with Gasteiger partial charge in [0.15, 0.2) is 0 Å². The standard InChI is InChI=1S/C12H16FNO/c13-10-4-3-9(5-7-15)11(8-10)12-2-1-6-14-12/h3-4,8,12,14-15H,1-2,5-7H2/t12-/m1/s1. The first-order valence-corrected chi connectivity index (χ1v) is 5.44. The molecule has 0 spiro atoms. The molecule has 1 heterocycles. The summed E-state index contributed by atoms with van der Waals surface area (Å²) in [5, 5.41) is 12.3. The Morgan fingerprint density at radius 1 is 1.47 bits per heavy atom. The van der Waals surface area contributed by atoms with Gasteiger partial charge in [-0.15, -0.1) is 0 Å². The molecule has 1 saturated heterocycles. The van der Waals surface area contributed by atoms with Crippen molar-refractivity contribution < 1.29 is 9.50 Å². The van der Waals surface area contributed by atoms with Crippen molar-refractivity contribution in [1.29, 1.82) is 0 Å². The second-order valence-electron chi connectivity index (χ2n) is 3.97. The lowest BCUT2D eigenvalue weighted by Gasteiger charge is -2.15. The number of hydrogen-bond donors (Lipinski definition) is 2. The lowest BCUT2D eigenvalue weighted by molar-refractivity contribution is 0.299. The first kappa shape index (κ1) is 10.6.